The van der Waals surface area contributed by atoms with E-state index >= 15 is 0 Å². The second kappa shape index (κ2) is 6.35. The predicted molar refractivity (Wildman–Crippen MR) is 87.4 cm³/mol. The molecule has 0 atom stereocenters. The molecule has 0 spiro atoms. The Morgan fingerprint density at radius 1 is 1.00 bits per heavy atom. The monoisotopic (exact) mass is 325 g/mol. The number of fused-ring (bicyclic) bond motifs is 1. The van der Waals surface area contributed by atoms with E-state index in [2.05, 4.69) is 24.8 Å². The number of nitrogens with zero attached hydrogens (tertiary/aromatic N) is 5. The molecule has 2 aromatic heterocycles. The molecule has 4 rings (SSSR count). The number of ether oxygens (including phenoxy) is 1. The molecule has 122 valence electrons. The number of anilines is 1. The Balaban J connectivity index is 1.50. The van der Waals surface area contributed by atoms with Crippen LogP contribution in [0.3, 0.4) is 0 Å². The molecule has 3 heterocycles. The van der Waals surface area contributed by atoms with Gasteiger partial charge >= 0.3 is 6.01 Å². The Labute approximate surface area is 138 Å². The quantitative estimate of drug-likeness (QED) is 0.737. The molecular weight excluding hydrogens is 309 g/mol. The first-order valence-corrected chi connectivity index (χ1v) is 7.89. The summed E-state index contributed by atoms with van der Waals surface area (Å²) < 4.78 is 20.0. The Morgan fingerprint density at radius 3 is 2.58 bits per heavy atom. The van der Waals surface area contributed by atoms with Crippen molar-refractivity contribution in [2.45, 2.75) is 18.9 Å². The molecule has 1 aliphatic heterocycles. The average Bonchev–Trinajstić information content (AvgIpc) is 2.63. The molecule has 1 aromatic carbocycles. The smallest absolute Gasteiger partial charge is 0.316 e. The molecule has 0 amide bonds. The number of hydrogen-bond donors (Lipinski definition) is 0. The van der Waals surface area contributed by atoms with Crippen molar-refractivity contribution in [2.24, 2.45) is 0 Å². The van der Waals surface area contributed by atoms with Crippen LogP contribution in [-0.4, -0.2) is 39.1 Å². The standard InChI is InChI=1S/C17H16FN5O/c18-13-3-1-4-14-15(13)16(22-11-21-14)23-9-5-12(6-10-23)24-17-19-7-2-8-20-17/h1-4,7-8,11-12H,5-6,9-10H2. The van der Waals surface area contributed by atoms with E-state index in [0.717, 1.165) is 25.9 Å². The van der Waals surface area contributed by atoms with Gasteiger partial charge in [0.25, 0.3) is 0 Å². The maximum absolute atomic E-state index is 14.2. The number of aromatic nitrogens is 4. The predicted octanol–water partition coefficient (Wildman–Crippen LogP) is 2.61. The fourth-order valence-corrected chi connectivity index (χ4v) is 2.97. The van der Waals surface area contributed by atoms with Crippen LogP contribution < -0.4 is 9.64 Å². The van der Waals surface area contributed by atoms with Gasteiger partial charge in [0.15, 0.2) is 0 Å². The van der Waals surface area contributed by atoms with Gasteiger partial charge in [-0.2, -0.15) is 0 Å². The highest BCUT2D eigenvalue weighted by Gasteiger charge is 2.24. The third-order valence-electron chi connectivity index (χ3n) is 4.15. The minimum atomic E-state index is -0.292. The average molecular weight is 325 g/mol. The molecule has 6 nitrogen and oxygen atoms in total. The lowest BCUT2D eigenvalue weighted by Gasteiger charge is -2.32. The fourth-order valence-electron chi connectivity index (χ4n) is 2.97. The van der Waals surface area contributed by atoms with Gasteiger partial charge in [-0.25, -0.2) is 24.3 Å². The van der Waals surface area contributed by atoms with Crippen LogP contribution >= 0.6 is 0 Å². The van der Waals surface area contributed by atoms with Crippen molar-refractivity contribution in [2.75, 3.05) is 18.0 Å². The first-order valence-electron chi connectivity index (χ1n) is 7.89. The summed E-state index contributed by atoms with van der Waals surface area (Å²) in [7, 11) is 0. The van der Waals surface area contributed by atoms with Crippen LogP contribution in [0.15, 0.2) is 43.0 Å². The summed E-state index contributed by atoms with van der Waals surface area (Å²) in [6.45, 7) is 1.47. The summed E-state index contributed by atoms with van der Waals surface area (Å²) in [5, 5.41) is 0.478. The van der Waals surface area contributed by atoms with Crippen LogP contribution in [0.4, 0.5) is 10.2 Å². The van der Waals surface area contributed by atoms with Gasteiger partial charge in [0.2, 0.25) is 0 Å². The summed E-state index contributed by atoms with van der Waals surface area (Å²) >= 11 is 0. The van der Waals surface area contributed by atoms with Crippen molar-refractivity contribution in [1.29, 1.82) is 0 Å². The normalized spacial score (nSPS) is 15.6. The highest BCUT2D eigenvalue weighted by molar-refractivity contribution is 5.89. The van der Waals surface area contributed by atoms with Crippen LogP contribution in [0.2, 0.25) is 0 Å². The van der Waals surface area contributed by atoms with Crippen molar-refractivity contribution in [3.63, 3.8) is 0 Å². The highest BCUT2D eigenvalue weighted by Crippen LogP contribution is 2.28. The van der Waals surface area contributed by atoms with Gasteiger partial charge in [0.1, 0.15) is 24.1 Å². The molecule has 24 heavy (non-hydrogen) atoms. The maximum Gasteiger partial charge on any atom is 0.316 e. The zero-order valence-electron chi connectivity index (χ0n) is 13.0. The number of halogens is 1. The lowest BCUT2D eigenvalue weighted by Crippen LogP contribution is -2.39. The highest BCUT2D eigenvalue weighted by atomic mass is 19.1. The van der Waals surface area contributed by atoms with Gasteiger partial charge in [-0.1, -0.05) is 6.07 Å². The van der Waals surface area contributed by atoms with Crippen LogP contribution in [-0.2, 0) is 0 Å². The van der Waals surface area contributed by atoms with E-state index in [-0.39, 0.29) is 11.9 Å². The van der Waals surface area contributed by atoms with Crippen molar-refractivity contribution >= 4 is 16.7 Å². The molecule has 0 N–H and O–H groups in total. The molecule has 3 aromatic rings. The summed E-state index contributed by atoms with van der Waals surface area (Å²) in [4.78, 5) is 18.7. The van der Waals surface area contributed by atoms with Gasteiger partial charge in [0.05, 0.1) is 10.9 Å². The summed E-state index contributed by atoms with van der Waals surface area (Å²) in [6.07, 6.45) is 6.47. The number of hydrogen-bond acceptors (Lipinski definition) is 6. The lowest BCUT2D eigenvalue weighted by molar-refractivity contribution is 0.156. The Bertz CT molecular complexity index is 832. The van der Waals surface area contributed by atoms with E-state index in [1.807, 2.05) is 0 Å². The Morgan fingerprint density at radius 2 is 1.79 bits per heavy atom. The summed E-state index contributed by atoms with van der Waals surface area (Å²) in [5.74, 6) is 0.353. The summed E-state index contributed by atoms with van der Waals surface area (Å²) in [5.41, 5.74) is 0.621. The molecule has 1 saturated heterocycles. The molecule has 0 aliphatic carbocycles. The molecule has 0 radical (unpaired) electrons. The van der Waals surface area contributed by atoms with Crippen LogP contribution in [0.25, 0.3) is 10.9 Å². The molecule has 0 saturated carbocycles. The largest absolute Gasteiger partial charge is 0.460 e. The lowest BCUT2D eigenvalue weighted by atomic mass is 10.1. The molecule has 7 heteroatoms. The fraction of sp³-hybridized carbons (Fsp3) is 0.294. The van der Waals surface area contributed by atoms with E-state index in [0.29, 0.717) is 22.7 Å². The van der Waals surface area contributed by atoms with E-state index in [1.165, 1.54) is 12.4 Å². The van der Waals surface area contributed by atoms with Gasteiger partial charge in [-0.15, -0.1) is 0 Å². The van der Waals surface area contributed by atoms with E-state index in [1.54, 1.807) is 30.6 Å². The molecule has 1 aliphatic rings. The third kappa shape index (κ3) is 2.84. The van der Waals surface area contributed by atoms with E-state index < -0.39 is 0 Å². The maximum atomic E-state index is 14.2. The van der Waals surface area contributed by atoms with Crippen LogP contribution in [0.5, 0.6) is 6.01 Å². The first-order chi connectivity index (χ1) is 11.8. The zero-order valence-corrected chi connectivity index (χ0v) is 13.0. The number of piperidine rings is 1. The van der Waals surface area contributed by atoms with Crippen molar-refractivity contribution < 1.29 is 9.13 Å². The van der Waals surface area contributed by atoms with E-state index in [4.69, 9.17) is 4.74 Å². The van der Waals surface area contributed by atoms with Gasteiger partial charge in [-0.05, 0) is 18.2 Å². The minimum absolute atomic E-state index is 0.0570. The minimum Gasteiger partial charge on any atom is -0.460 e. The van der Waals surface area contributed by atoms with Gasteiger partial charge in [-0.3, -0.25) is 0 Å². The Kier molecular flexibility index (Phi) is 3.90. The molecular formula is C17H16FN5O. The number of benzene rings is 1. The zero-order chi connectivity index (χ0) is 16.4. The van der Waals surface area contributed by atoms with Gasteiger partial charge in [0, 0.05) is 38.3 Å². The van der Waals surface area contributed by atoms with E-state index in [9.17, 15) is 4.39 Å². The second-order valence-electron chi connectivity index (χ2n) is 5.67. The Hall–Kier alpha value is -2.83. The second-order valence-corrected chi connectivity index (χ2v) is 5.67. The van der Waals surface area contributed by atoms with Gasteiger partial charge < -0.3 is 9.64 Å². The number of rotatable bonds is 3. The first kappa shape index (κ1) is 14.7. The van der Waals surface area contributed by atoms with Crippen molar-refractivity contribution in [1.82, 2.24) is 19.9 Å². The van der Waals surface area contributed by atoms with Crippen molar-refractivity contribution in [3.05, 3.63) is 48.8 Å². The van der Waals surface area contributed by atoms with Crippen molar-refractivity contribution in [3.8, 4) is 6.01 Å². The third-order valence-corrected chi connectivity index (χ3v) is 4.15. The molecule has 0 unspecified atom stereocenters. The van der Waals surface area contributed by atoms with Crippen LogP contribution in [0.1, 0.15) is 12.8 Å². The molecule has 1 fully saturated rings. The molecule has 0 bridgehead atoms. The SMILES string of the molecule is Fc1cccc2ncnc(N3CCC(Oc4ncccn4)CC3)c12. The van der Waals surface area contributed by atoms with Crippen LogP contribution in [0, 0.1) is 5.82 Å². The topological polar surface area (TPSA) is 64.0 Å². The summed E-state index contributed by atoms with van der Waals surface area (Å²) in [6, 6.07) is 7.05.